The van der Waals surface area contributed by atoms with Crippen LogP contribution in [0.3, 0.4) is 0 Å². The fourth-order valence-corrected chi connectivity index (χ4v) is 2.73. The first-order chi connectivity index (χ1) is 9.19. The molecule has 3 rings (SSSR count). The van der Waals surface area contributed by atoms with E-state index in [2.05, 4.69) is 12.2 Å². The molecule has 1 aliphatic carbocycles. The molecule has 102 valence electrons. The third-order valence-corrected chi connectivity index (χ3v) is 3.85. The number of benzene rings is 1. The molecule has 2 nitrogen and oxygen atoms in total. The second-order valence-corrected chi connectivity index (χ2v) is 5.63. The minimum absolute atomic E-state index is 0.228. The van der Waals surface area contributed by atoms with Gasteiger partial charge in [-0.15, -0.1) is 0 Å². The Morgan fingerprint density at radius 3 is 2.89 bits per heavy atom. The van der Waals surface area contributed by atoms with Crippen LogP contribution in [0.1, 0.15) is 38.0 Å². The lowest BCUT2D eigenvalue weighted by molar-refractivity contribution is 0.396. The molecule has 0 aliphatic heterocycles. The Morgan fingerprint density at radius 1 is 1.42 bits per heavy atom. The molecule has 1 saturated carbocycles. The quantitative estimate of drug-likeness (QED) is 0.861. The van der Waals surface area contributed by atoms with Gasteiger partial charge in [-0.1, -0.05) is 18.5 Å². The molecule has 0 spiro atoms. The molecular formula is C15H17ClFNO. The van der Waals surface area contributed by atoms with Gasteiger partial charge in [0.05, 0.1) is 11.1 Å². The van der Waals surface area contributed by atoms with Gasteiger partial charge in [-0.2, -0.15) is 0 Å². The van der Waals surface area contributed by atoms with E-state index < -0.39 is 0 Å². The highest BCUT2D eigenvalue weighted by Gasteiger charge is 2.34. The van der Waals surface area contributed by atoms with Gasteiger partial charge >= 0.3 is 0 Å². The van der Waals surface area contributed by atoms with Crippen molar-refractivity contribution in [2.75, 3.05) is 6.54 Å². The van der Waals surface area contributed by atoms with Crippen LogP contribution in [0.15, 0.2) is 22.6 Å². The molecule has 0 saturated heterocycles. The number of fused-ring (bicyclic) bond motifs is 1. The Bertz CT molecular complexity index is 591. The predicted octanol–water partition coefficient (Wildman–Crippen LogP) is 4.68. The number of halogens is 2. The molecule has 1 fully saturated rings. The summed E-state index contributed by atoms with van der Waals surface area (Å²) in [4.78, 5) is 0. The maximum absolute atomic E-state index is 13.3. The van der Waals surface area contributed by atoms with Crippen molar-refractivity contribution in [3.8, 4) is 0 Å². The molecule has 1 N–H and O–H groups in total. The van der Waals surface area contributed by atoms with Gasteiger partial charge in [0.1, 0.15) is 11.6 Å². The van der Waals surface area contributed by atoms with Gasteiger partial charge in [-0.25, -0.2) is 4.39 Å². The highest BCUT2D eigenvalue weighted by atomic mass is 35.5. The van der Waals surface area contributed by atoms with E-state index in [1.54, 1.807) is 0 Å². The van der Waals surface area contributed by atoms with E-state index in [1.807, 2.05) is 6.07 Å². The van der Waals surface area contributed by atoms with Gasteiger partial charge < -0.3 is 9.73 Å². The first-order valence-corrected chi connectivity index (χ1v) is 7.18. The first kappa shape index (κ1) is 12.9. The molecule has 4 heteroatoms. The van der Waals surface area contributed by atoms with E-state index in [4.69, 9.17) is 16.0 Å². The zero-order valence-electron chi connectivity index (χ0n) is 10.9. The minimum Gasteiger partial charge on any atom is -0.458 e. The van der Waals surface area contributed by atoms with Crippen LogP contribution in [-0.2, 0) is 0 Å². The SMILES string of the molecule is CCCNC(c1cc2cc(F)cc(Cl)c2o1)C1CC1. The molecule has 2 aromatic rings. The summed E-state index contributed by atoms with van der Waals surface area (Å²) in [5, 5.41) is 4.59. The number of hydrogen-bond donors (Lipinski definition) is 1. The lowest BCUT2D eigenvalue weighted by atomic mass is 10.1. The van der Waals surface area contributed by atoms with Crippen molar-refractivity contribution in [3.05, 3.63) is 34.8 Å². The van der Waals surface area contributed by atoms with Crippen molar-refractivity contribution in [2.24, 2.45) is 5.92 Å². The Balaban J connectivity index is 1.96. The van der Waals surface area contributed by atoms with Gasteiger partial charge in [0.2, 0.25) is 0 Å². The van der Waals surface area contributed by atoms with Crippen molar-refractivity contribution >= 4 is 22.6 Å². The molecule has 1 heterocycles. The average molecular weight is 282 g/mol. The van der Waals surface area contributed by atoms with Crippen LogP contribution < -0.4 is 5.32 Å². The van der Waals surface area contributed by atoms with E-state index in [1.165, 1.54) is 25.0 Å². The summed E-state index contributed by atoms with van der Waals surface area (Å²) in [6, 6.07) is 4.91. The highest BCUT2D eigenvalue weighted by molar-refractivity contribution is 6.34. The summed E-state index contributed by atoms with van der Waals surface area (Å²) >= 11 is 6.03. The van der Waals surface area contributed by atoms with Crippen LogP contribution in [-0.4, -0.2) is 6.54 Å². The van der Waals surface area contributed by atoms with Crippen LogP contribution >= 0.6 is 11.6 Å². The molecule has 1 atom stereocenters. The molecule has 0 radical (unpaired) electrons. The van der Waals surface area contributed by atoms with E-state index in [0.29, 0.717) is 16.5 Å². The van der Waals surface area contributed by atoms with Crippen molar-refractivity contribution in [1.29, 1.82) is 0 Å². The summed E-state index contributed by atoms with van der Waals surface area (Å²) < 4.78 is 19.2. The third kappa shape index (κ3) is 2.63. The molecule has 1 aliphatic rings. The fraction of sp³-hybridized carbons (Fsp3) is 0.467. The molecule has 19 heavy (non-hydrogen) atoms. The van der Waals surface area contributed by atoms with Crippen LogP contribution in [0.4, 0.5) is 4.39 Å². The van der Waals surface area contributed by atoms with Crippen molar-refractivity contribution in [2.45, 2.75) is 32.2 Å². The standard InChI is InChI=1S/C15H17ClFNO/c1-2-5-18-14(9-3-4-9)13-7-10-6-11(17)8-12(16)15(10)19-13/h6-9,14,18H,2-5H2,1H3. The topological polar surface area (TPSA) is 25.2 Å². The Morgan fingerprint density at radius 2 is 2.21 bits per heavy atom. The molecule has 1 unspecified atom stereocenters. The second-order valence-electron chi connectivity index (χ2n) is 5.22. The number of hydrogen-bond acceptors (Lipinski definition) is 2. The summed E-state index contributed by atoms with van der Waals surface area (Å²) in [7, 11) is 0. The lowest BCUT2D eigenvalue weighted by Gasteiger charge is -2.14. The fourth-order valence-electron chi connectivity index (χ4n) is 2.48. The van der Waals surface area contributed by atoms with Crippen LogP contribution in [0, 0.1) is 11.7 Å². The second kappa shape index (κ2) is 5.14. The molecular weight excluding hydrogens is 265 g/mol. The summed E-state index contributed by atoms with van der Waals surface area (Å²) in [6.07, 6.45) is 3.53. The Labute approximate surface area is 116 Å². The predicted molar refractivity (Wildman–Crippen MR) is 74.9 cm³/mol. The summed E-state index contributed by atoms with van der Waals surface area (Å²) in [6.45, 7) is 3.10. The molecule has 1 aromatic carbocycles. The molecule has 0 bridgehead atoms. The summed E-state index contributed by atoms with van der Waals surface area (Å²) in [5.74, 6) is 1.18. The number of rotatable bonds is 5. The summed E-state index contributed by atoms with van der Waals surface area (Å²) in [5.41, 5.74) is 0.585. The van der Waals surface area contributed by atoms with Crippen LogP contribution in [0.2, 0.25) is 5.02 Å². The van der Waals surface area contributed by atoms with Crippen molar-refractivity contribution in [3.63, 3.8) is 0 Å². The highest BCUT2D eigenvalue weighted by Crippen LogP contribution is 2.43. The third-order valence-electron chi connectivity index (χ3n) is 3.57. The Hall–Kier alpha value is -1.06. The maximum atomic E-state index is 13.3. The van der Waals surface area contributed by atoms with Gasteiger partial charge in [0.25, 0.3) is 0 Å². The number of furan rings is 1. The van der Waals surface area contributed by atoms with Gasteiger partial charge in [0.15, 0.2) is 5.58 Å². The van der Waals surface area contributed by atoms with Gasteiger partial charge in [-0.3, -0.25) is 0 Å². The van der Waals surface area contributed by atoms with Gasteiger partial charge in [-0.05, 0) is 49.9 Å². The Kier molecular flexibility index (Phi) is 3.50. The first-order valence-electron chi connectivity index (χ1n) is 6.81. The number of nitrogens with one attached hydrogen (secondary N) is 1. The van der Waals surface area contributed by atoms with Crippen molar-refractivity contribution in [1.82, 2.24) is 5.32 Å². The van der Waals surface area contributed by atoms with E-state index in [9.17, 15) is 4.39 Å². The van der Waals surface area contributed by atoms with Crippen LogP contribution in [0.5, 0.6) is 0 Å². The smallest absolute Gasteiger partial charge is 0.153 e. The largest absolute Gasteiger partial charge is 0.458 e. The zero-order valence-corrected chi connectivity index (χ0v) is 11.6. The van der Waals surface area contributed by atoms with E-state index >= 15 is 0 Å². The monoisotopic (exact) mass is 281 g/mol. The van der Waals surface area contributed by atoms with Gasteiger partial charge in [0, 0.05) is 5.39 Å². The minimum atomic E-state index is -0.325. The zero-order chi connectivity index (χ0) is 13.4. The molecule has 0 amide bonds. The van der Waals surface area contributed by atoms with Crippen LogP contribution in [0.25, 0.3) is 11.0 Å². The normalized spacial score (nSPS) is 17.0. The van der Waals surface area contributed by atoms with E-state index in [0.717, 1.165) is 24.1 Å². The van der Waals surface area contributed by atoms with Crippen molar-refractivity contribution < 1.29 is 8.81 Å². The molecule has 1 aromatic heterocycles. The lowest BCUT2D eigenvalue weighted by Crippen LogP contribution is -2.23. The van der Waals surface area contributed by atoms with E-state index in [-0.39, 0.29) is 11.9 Å². The average Bonchev–Trinajstić information content (AvgIpc) is 3.10. The maximum Gasteiger partial charge on any atom is 0.153 e.